The van der Waals surface area contributed by atoms with Gasteiger partial charge in [-0.2, -0.15) is 0 Å². The van der Waals surface area contributed by atoms with Crippen LogP contribution in [0.5, 0.6) is 11.5 Å². The summed E-state index contributed by atoms with van der Waals surface area (Å²) in [5.74, 6) is 1.57. The molecule has 0 aliphatic heterocycles. The van der Waals surface area contributed by atoms with Gasteiger partial charge in [-0.15, -0.1) is 0 Å². The summed E-state index contributed by atoms with van der Waals surface area (Å²) in [7, 11) is 0. The van der Waals surface area contributed by atoms with E-state index in [-0.39, 0.29) is 29.2 Å². The van der Waals surface area contributed by atoms with Crippen molar-refractivity contribution in [2.24, 2.45) is 0 Å². The van der Waals surface area contributed by atoms with E-state index in [0.717, 1.165) is 54.7 Å². The van der Waals surface area contributed by atoms with Crippen LogP contribution in [0.2, 0.25) is 0 Å². The first kappa shape index (κ1) is 28.1. The molecule has 7 nitrogen and oxygen atoms in total. The molecule has 0 radical (unpaired) electrons. The van der Waals surface area contributed by atoms with Crippen LogP contribution in [0.3, 0.4) is 0 Å². The Balaban J connectivity index is 1.89. The number of carbonyl (C=O) groups is 1. The summed E-state index contributed by atoms with van der Waals surface area (Å²) in [5, 5.41) is 13.7. The third-order valence-corrected chi connectivity index (χ3v) is 6.23. The Morgan fingerprint density at radius 2 is 1.57 bits per heavy atom. The Hall–Kier alpha value is -3.09. The highest BCUT2D eigenvalue weighted by Gasteiger charge is 2.21. The third-order valence-electron chi connectivity index (χ3n) is 6.23. The molecule has 1 amide bonds. The summed E-state index contributed by atoms with van der Waals surface area (Å²) in [4.78, 5) is 22.5. The summed E-state index contributed by atoms with van der Waals surface area (Å²) in [6.45, 7) is 13.1. The maximum Gasteiger partial charge on any atom is 0.269 e. The Bertz CT molecular complexity index is 983. The van der Waals surface area contributed by atoms with Gasteiger partial charge < -0.3 is 14.8 Å². The summed E-state index contributed by atoms with van der Waals surface area (Å²) in [6.07, 6.45) is 4.58. The molecule has 0 atom stereocenters. The highest BCUT2D eigenvalue weighted by atomic mass is 16.6. The standard InChI is InChI=1S/C28H40N2O5/c1-7-27(3,4)34-24-17-14-22(25(20-24)35-28(5,6)8-2)11-9-10-18-29-26(31)19-21-12-15-23(16-13-21)30(32)33/h12-17,20H,7-11,18-19H2,1-6H3,(H,29,31). The predicted molar refractivity (Wildman–Crippen MR) is 139 cm³/mol. The number of nitro benzene ring substituents is 1. The maximum atomic E-state index is 12.2. The number of hydrogen-bond acceptors (Lipinski definition) is 5. The van der Waals surface area contributed by atoms with Crippen molar-refractivity contribution in [2.45, 2.75) is 91.3 Å². The number of unbranched alkanes of at least 4 members (excludes halogenated alkanes) is 1. The molecule has 0 aromatic heterocycles. The van der Waals surface area contributed by atoms with Gasteiger partial charge in [0.2, 0.25) is 5.91 Å². The van der Waals surface area contributed by atoms with Crippen molar-refractivity contribution in [3.63, 3.8) is 0 Å². The first-order valence-electron chi connectivity index (χ1n) is 12.5. The SMILES string of the molecule is CCC(C)(C)Oc1ccc(CCCCNC(=O)Cc2ccc([N+](=O)[O-])cc2)c(OC(C)(C)CC)c1. The van der Waals surface area contributed by atoms with Crippen molar-refractivity contribution in [2.75, 3.05) is 6.54 Å². The Kier molecular flexibility index (Phi) is 10.1. The lowest BCUT2D eigenvalue weighted by molar-refractivity contribution is -0.384. The van der Waals surface area contributed by atoms with Gasteiger partial charge in [-0.3, -0.25) is 14.9 Å². The van der Waals surface area contributed by atoms with Crippen LogP contribution in [0.1, 0.15) is 78.4 Å². The van der Waals surface area contributed by atoms with Gasteiger partial charge >= 0.3 is 0 Å². The Labute approximate surface area is 209 Å². The number of amides is 1. The maximum absolute atomic E-state index is 12.2. The number of nitrogens with zero attached hydrogens (tertiary/aromatic N) is 1. The average molecular weight is 485 g/mol. The average Bonchev–Trinajstić information content (AvgIpc) is 2.80. The van der Waals surface area contributed by atoms with Crippen molar-refractivity contribution in [3.05, 3.63) is 63.7 Å². The van der Waals surface area contributed by atoms with Gasteiger partial charge in [0.05, 0.1) is 11.3 Å². The predicted octanol–water partition coefficient (Wildman–Crippen LogP) is 6.41. The fourth-order valence-corrected chi connectivity index (χ4v) is 3.31. The van der Waals surface area contributed by atoms with Gasteiger partial charge in [-0.05, 0) is 77.0 Å². The van der Waals surface area contributed by atoms with Crippen LogP contribution in [-0.2, 0) is 17.6 Å². The van der Waals surface area contributed by atoms with Crippen LogP contribution in [0.4, 0.5) is 5.69 Å². The van der Waals surface area contributed by atoms with Crippen LogP contribution < -0.4 is 14.8 Å². The molecule has 2 rings (SSSR count). The van der Waals surface area contributed by atoms with Gasteiger partial charge in [0.15, 0.2) is 0 Å². The first-order valence-corrected chi connectivity index (χ1v) is 12.5. The molecule has 0 saturated heterocycles. The topological polar surface area (TPSA) is 90.7 Å². The number of non-ortho nitro benzene ring substituents is 1. The Morgan fingerprint density at radius 3 is 2.17 bits per heavy atom. The molecule has 2 aromatic rings. The molecule has 192 valence electrons. The molecule has 0 heterocycles. The minimum absolute atomic E-state index is 0.0218. The van der Waals surface area contributed by atoms with Crippen molar-refractivity contribution < 1.29 is 19.2 Å². The van der Waals surface area contributed by atoms with Crippen LogP contribution >= 0.6 is 0 Å². The van der Waals surface area contributed by atoms with Gasteiger partial charge in [-0.1, -0.05) is 32.0 Å². The molecule has 1 N–H and O–H groups in total. The Morgan fingerprint density at radius 1 is 0.943 bits per heavy atom. The van der Waals surface area contributed by atoms with E-state index in [9.17, 15) is 14.9 Å². The van der Waals surface area contributed by atoms with Gasteiger partial charge in [0.1, 0.15) is 22.7 Å². The normalized spacial score (nSPS) is 11.7. The molecule has 0 aliphatic rings. The molecule has 0 spiro atoms. The number of ether oxygens (including phenoxy) is 2. The number of nitrogens with one attached hydrogen (secondary N) is 1. The van der Waals surface area contributed by atoms with Crippen LogP contribution in [0, 0.1) is 10.1 Å². The molecular formula is C28H40N2O5. The zero-order chi connectivity index (χ0) is 26.1. The van der Waals surface area contributed by atoms with E-state index < -0.39 is 4.92 Å². The van der Waals surface area contributed by atoms with E-state index in [1.54, 1.807) is 12.1 Å². The van der Waals surface area contributed by atoms with Crippen LogP contribution in [0.25, 0.3) is 0 Å². The van der Waals surface area contributed by atoms with E-state index in [1.807, 2.05) is 12.1 Å². The summed E-state index contributed by atoms with van der Waals surface area (Å²) in [6, 6.07) is 12.2. The van der Waals surface area contributed by atoms with Gasteiger partial charge in [-0.25, -0.2) is 0 Å². The van der Waals surface area contributed by atoms with E-state index in [4.69, 9.17) is 9.47 Å². The summed E-state index contributed by atoms with van der Waals surface area (Å²) >= 11 is 0. The highest BCUT2D eigenvalue weighted by Crippen LogP contribution is 2.32. The molecule has 0 saturated carbocycles. The molecule has 0 aliphatic carbocycles. The number of benzene rings is 2. The molecule has 0 unspecified atom stereocenters. The van der Waals surface area contributed by atoms with Crippen LogP contribution in [-0.4, -0.2) is 28.6 Å². The van der Waals surface area contributed by atoms with Crippen molar-refractivity contribution in [3.8, 4) is 11.5 Å². The summed E-state index contributed by atoms with van der Waals surface area (Å²) in [5.41, 5.74) is 1.38. The zero-order valence-electron chi connectivity index (χ0n) is 22.0. The van der Waals surface area contributed by atoms with E-state index in [1.165, 1.54) is 12.1 Å². The molecule has 2 aromatic carbocycles. The fraction of sp³-hybridized carbons (Fsp3) is 0.536. The lowest BCUT2D eigenvalue weighted by Crippen LogP contribution is -2.28. The van der Waals surface area contributed by atoms with Crippen LogP contribution in [0.15, 0.2) is 42.5 Å². The first-order chi connectivity index (χ1) is 16.4. The number of rotatable bonds is 14. The third kappa shape index (κ3) is 9.59. The van der Waals surface area contributed by atoms with Crippen molar-refractivity contribution >= 4 is 11.6 Å². The molecule has 0 bridgehead atoms. The summed E-state index contributed by atoms with van der Waals surface area (Å²) < 4.78 is 12.5. The van der Waals surface area contributed by atoms with Crippen molar-refractivity contribution in [1.82, 2.24) is 5.32 Å². The second-order valence-electron chi connectivity index (χ2n) is 10.1. The van der Waals surface area contributed by atoms with E-state index in [2.05, 4.69) is 52.9 Å². The van der Waals surface area contributed by atoms with Gasteiger partial charge in [0, 0.05) is 24.7 Å². The number of hydrogen-bond donors (Lipinski definition) is 1. The van der Waals surface area contributed by atoms with Gasteiger partial charge in [0.25, 0.3) is 5.69 Å². The second-order valence-corrected chi connectivity index (χ2v) is 10.1. The molecule has 7 heteroatoms. The largest absolute Gasteiger partial charge is 0.488 e. The zero-order valence-corrected chi connectivity index (χ0v) is 22.0. The monoisotopic (exact) mass is 484 g/mol. The smallest absolute Gasteiger partial charge is 0.269 e. The fourth-order valence-electron chi connectivity index (χ4n) is 3.31. The van der Waals surface area contributed by atoms with E-state index in [0.29, 0.717) is 6.54 Å². The number of carbonyl (C=O) groups excluding carboxylic acids is 1. The highest BCUT2D eigenvalue weighted by molar-refractivity contribution is 5.78. The minimum Gasteiger partial charge on any atom is -0.488 e. The number of aryl methyl sites for hydroxylation is 1. The quantitative estimate of drug-likeness (QED) is 0.190. The molecule has 0 fully saturated rings. The molecular weight excluding hydrogens is 444 g/mol. The lowest BCUT2D eigenvalue weighted by Gasteiger charge is -2.29. The molecule has 35 heavy (non-hydrogen) atoms. The van der Waals surface area contributed by atoms with Crippen molar-refractivity contribution in [1.29, 1.82) is 0 Å². The minimum atomic E-state index is -0.448. The lowest BCUT2D eigenvalue weighted by atomic mass is 10.0. The number of nitro groups is 1. The van der Waals surface area contributed by atoms with E-state index >= 15 is 0 Å². The second kappa shape index (κ2) is 12.6.